The number of nitrogens with one attached hydrogen (secondary N) is 3. The Balaban J connectivity index is 1.65. The summed E-state index contributed by atoms with van der Waals surface area (Å²) >= 11 is 0. The fraction of sp³-hybridized carbons (Fsp3) is 0.600. The average Bonchev–Trinajstić information content (AvgIpc) is 2.72. The minimum absolute atomic E-state index is 0.120. The highest BCUT2D eigenvalue weighted by Gasteiger charge is 2.30. The third-order valence-electron chi connectivity index (χ3n) is 5.64. The predicted octanol–water partition coefficient (Wildman–Crippen LogP) is 0.967. The van der Waals surface area contributed by atoms with Crippen LogP contribution < -0.4 is 16.0 Å². The van der Waals surface area contributed by atoms with Crippen molar-refractivity contribution in [3.05, 3.63) is 34.7 Å². The lowest BCUT2D eigenvalue weighted by atomic mass is 9.82. The molecule has 28 heavy (non-hydrogen) atoms. The minimum Gasteiger partial charge on any atom is -0.388 e. The molecule has 0 saturated heterocycles. The molecular weight excluding hydrogens is 365 g/mol. The Kier molecular flexibility index (Phi) is 7.22. The Morgan fingerprint density at radius 2 is 2.11 bits per heavy atom. The summed E-state index contributed by atoms with van der Waals surface area (Å²) in [5, 5.41) is 18.6. The topological polar surface area (TPSA) is 99.7 Å². The van der Waals surface area contributed by atoms with Crippen LogP contribution in [0, 0.1) is 0 Å². The zero-order valence-corrected chi connectivity index (χ0v) is 15.8. The highest BCUT2D eigenvalue weighted by atomic mass is 19.1. The summed E-state index contributed by atoms with van der Waals surface area (Å²) in [4.78, 5) is 21.5. The summed E-state index contributed by atoms with van der Waals surface area (Å²) < 4.78 is 18.2. The maximum Gasteiger partial charge on any atom is 0.211 e. The predicted molar refractivity (Wildman–Crippen MR) is 102 cm³/mol. The smallest absolute Gasteiger partial charge is 0.211 e. The monoisotopic (exact) mass is 393 g/mol. The van der Waals surface area contributed by atoms with Crippen LogP contribution in [-0.4, -0.2) is 55.5 Å². The molecule has 0 radical (unpaired) electrons. The molecule has 8 heteroatoms. The number of hydrogen-bond donors (Lipinski definition) is 4. The van der Waals surface area contributed by atoms with E-state index in [-0.39, 0.29) is 18.7 Å². The Labute approximate surface area is 164 Å². The SMILES string of the molecule is O=CNC1=CC=C(C2CCC3=C(CC[C@@H](NC=O)C3)N2)C[C@H]1OCC(O)CF. The Morgan fingerprint density at radius 3 is 2.86 bits per heavy atom. The van der Waals surface area contributed by atoms with Gasteiger partial charge in [-0.05, 0) is 49.3 Å². The van der Waals surface area contributed by atoms with Crippen molar-refractivity contribution in [1.29, 1.82) is 0 Å². The van der Waals surface area contributed by atoms with Gasteiger partial charge in [-0.2, -0.15) is 0 Å². The Morgan fingerprint density at radius 1 is 1.25 bits per heavy atom. The molecule has 0 fully saturated rings. The lowest BCUT2D eigenvalue weighted by molar-refractivity contribution is -0.110. The van der Waals surface area contributed by atoms with E-state index in [2.05, 4.69) is 16.0 Å². The van der Waals surface area contributed by atoms with E-state index >= 15 is 0 Å². The fourth-order valence-corrected chi connectivity index (χ4v) is 4.15. The molecule has 2 aliphatic carbocycles. The van der Waals surface area contributed by atoms with Crippen LogP contribution >= 0.6 is 0 Å². The van der Waals surface area contributed by atoms with Gasteiger partial charge in [-0.25, -0.2) is 4.39 Å². The van der Waals surface area contributed by atoms with Gasteiger partial charge in [0.2, 0.25) is 12.8 Å². The first-order valence-electron chi connectivity index (χ1n) is 9.78. The number of allylic oxidation sites excluding steroid dienone is 3. The fourth-order valence-electron chi connectivity index (χ4n) is 4.15. The van der Waals surface area contributed by atoms with Crippen LogP contribution in [-0.2, 0) is 14.3 Å². The van der Waals surface area contributed by atoms with Gasteiger partial charge in [0.15, 0.2) is 0 Å². The van der Waals surface area contributed by atoms with Crippen LogP contribution in [0.4, 0.5) is 4.39 Å². The molecule has 0 bridgehead atoms. The molecule has 2 amide bonds. The van der Waals surface area contributed by atoms with Gasteiger partial charge in [0.25, 0.3) is 0 Å². The molecule has 0 aromatic heterocycles. The van der Waals surface area contributed by atoms with Gasteiger partial charge >= 0.3 is 0 Å². The summed E-state index contributed by atoms with van der Waals surface area (Å²) in [7, 11) is 0. The van der Waals surface area contributed by atoms with Gasteiger partial charge in [0.1, 0.15) is 18.9 Å². The van der Waals surface area contributed by atoms with Crippen molar-refractivity contribution in [2.24, 2.45) is 0 Å². The minimum atomic E-state index is -1.16. The summed E-state index contributed by atoms with van der Waals surface area (Å²) in [6.07, 6.45) is 8.84. The van der Waals surface area contributed by atoms with Crippen LogP contribution in [0.5, 0.6) is 0 Å². The van der Waals surface area contributed by atoms with Crippen molar-refractivity contribution >= 4 is 12.8 Å². The van der Waals surface area contributed by atoms with Crippen molar-refractivity contribution in [2.45, 2.75) is 62.8 Å². The number of rotatable bonds is 9. The highest BCUT2D eigenvalue weighted by molar-refractivity contribution is 5.52. The van der Waals surface area contributed by atoms with Crippen LogP contribution in [0.1, 0.15) is 38.5 Å². The van der Waals surface area contributed by atoms with Crippen LogP contribution in [0.15, 0.2) is 34.7 Å². The van der Waals surface area contributed by atoms with Gasteiger partial charge in [-0.1, -0.05) is 6.08 Å². The number of carbonyl (C=O) groups excluding carboxylic acids is 2. The normalized spacial score (nSPS) is 28.3. The van der Waals surface area contributed by atoms with E-state index in [1.54, 1.807) is 0 Å². The highest BCUT2D eigenvalue weighted by Crippen LogP contribution is 2.34. The second-order valence-electron chi connectivity index (χ2n) is 7.50. The summed E-state index contributed by atoms with van der Waals surface area (Å²) in [6, 6.07) is 0.406. The largest absolute Gasteiger partial charge is 0.388 e. The lowest BCUT2D eigenvalue weighted by Crippen LogP contribution is -2.41. The number of amides is 2. The van der Waals surface area contributed by atoms with E-state index in [4.69, 9.17) is 4.74 Å². The molecule has 4 N–H and O–H groups in total. The van der Waals surface area contributed by atoms with E-state index in [1.807, 2.05) is 12.2 Å². The molecule has 1 aliphatic heterocycles. The summed E-state index contributed by atoms with van der Waals surface area (Å²) in [6.45, 7) is -0.985. The number of ether oxygens (including phenoxy) is 1. The zero-order valence-electron chi connectivity index (χ0n) is 15.8. The number of halogens is 1. The zero-order chi connectivity index (χ0) is 19.9. The molecule has 4 atom stereocenters. The molecule has 2 unspecified atom stereocenters. The van der Waals surface area contributed by atoms with Gasteiger partial charge in [0.05, 0.1) is 6.61 Å². The number of hydrogen-bond acceptors (Lipinski definition) is 5. The van der Waals surface area contributed by atoms with E-state index in [9.17, 15) is 19.1 Å². The summed E-state index contributed by atoms with van der Waals surface area (Å²) in [5.74, 6) is 0. The third kappa shape index (κ3) is 4.99. The van der Waals surface area contributed by atoms with Crippen molar-refractivity contribution in [1.82, 2.24) is 16.0 Å². The van der Waals surface area contributed by atoms with Crippen molar-refractivity contribution in [3.63, 3.8) is 0 Å². The number of aliphatic hydroxyl groups is 1. The van der Waals surface area contributed by atoms with E-state index < -0.39 is 18.9 Å². The van der Waals surface area contributed by atoms with E-state index in [0.29, 0.717) is 18.5 Å². The van der Waals surface area contributed by atoms with Crippen LogP contribution in [0.25, 0.3) is 0 Å². The van der Waals surface area contributed by atoms with E-state index in [0.717, 1.165) is 44.1 Å². The Bertz CT molecular complexity index is 676. The number of alkyl halides is 1. The van der Waals surface area contributed by atoms with E-state index in [1.165, 1.54) is 11.3 Å². The molecule has 0 spiro atoms. The lowest BCUT2D eigenvalue weighted by Gasteiger charge is -2.37. The first kappa shape index (κ1) is 20.5. The molecule has 154 valence electrons. The van der Waals surface area contributed by atoms with Gasteiger partial charge in [0, 0.05) is 29.9 Å². The number of carbonyl (C=O) groups is 2. The average molecular weight is 393 g/mol. The van der Waals surface area contributed by atoms with Crippen molar-refractivity contribution in [3.8, 4) is 0 Å². The van der Waals surface area contributed by atoms with Crippen LogP contribution in [0.3, 0.4) is 0 Å². The standard InChI is InChI=1S/C20H28FN3O4/c21-9-16(27)10-28-20-8-14(2-5-19(20)23-12-26)17-4-1-13-7-15(22-11-25)3-6-18(13)24-17/h2,5,11-12,15-17,20,24,27H,1,3-4,6-10H2,(H,22,25)(H,23,26)/t15-,16?,17?,20-/m1/s1. The molecule has 0 aromatic carbocycles. The third-order valence-corrected chi connectivity index (χ3v) is 5.64. The second-order valence-corrected chi connectivity index (χ2v) is 7.50. The molecular formula is C20H28FN3O4. The molecule has 0 aromatic rings. The molecule has 3 rings (SSSR count). The van der Waals surface area contributed by atoms with Gasteiger partial charge < -0.3 is 25.8 Å². The molecule has 7 nitrogen and oxygen atoms in total. The molecule has 3 aliphatic rings. The number of aliphatic hydroxyl groups excluding tert-OH is 1. The van der Waals surface area contributed by atoms with Crippen molar-refractivity contribution in [2.75, 3.05) is 13.3 Å². The molecule has 0 saturated carbocycles. The quantitative estimate of drug-likeness (QED) is 0.438. The maximum absolute atomic E-state index is 12.5. The second kappa shape index (κ2) is 9.84. The Hall–Kier alpha value is -2.19. The van der Waals surface area contributed by atoms with Crippen LogP contribution in [0.2, 0.25) is 0 Å². The molecule has 1 heterocycles. The van der Waals surface area contributed by atoms with Gasteiger partial charge in [-0.3, -0.25) is 9.59 Å². The van der Waals surface area contributed by atoms with Crippen molar-refractivity contribution < 1.29 is 23.8 Å². The van der Waals surface area contributed by atoms with Gasteiger partial charge in [-0.15, -0.1) is 0 Å². The maximum atomic E-state index is 12.5. The summed E-state index contributed by atoms with van der Waals surface area (Å²) in [5.41, 5.74) is 4.43. The first-order valence-corrected chi connectivity index (χ1v) is 9.78. The first-order chi connectivity index (χ1) is 13.6.